The van der Waals surface area contributed by atoms with E-state index in [0.717, 1.165) is 4.47 Å². The highest BCUT2D eigenvalue weighted by atomic mass is 79.9. The van der Waals surface area contributed by atoms with Gasteiger partial charge in [0.15, 0.2) is 0 Å². The van der Waals surface area contributed by atoms with Gasteiger partial charge in [-0.25, -0.2) is 9.59 Å². The molecule has 1 rings (SSSR count). The fourth-order valence-electron chi connectivity index (χ4n) is 1.38. The predicted molar refractivity (Wildman–Crippen MR) is 74.6 cm³/mol. The number of nitrogens with one attached hydrogen (secondary N) is 2. The Bertz CT molecular complexity index is 503. The average Bonchev–Trinajstić information content (AvgIpc) is 2.36. The fourth-order valence-corrected chi connectivity index (χ4v) is 1.65. The van der Waals surface area contributed by atoms with Crippen LogP contribution in [-0.2, 0) is 9.59 Å². The smallest absolute Gasteiger partial charge is 0.326 e. The van der Waals surface area contributed by atoms with Crippen LogP contribution in [0, 0.1) is 0 Å². The van der Waals surface area contributed by atoms with Crippen LogP contribution >= 0.6 is 15.9 Å². The van der Waals surface area contributed by atoms with Crippen molar-refractivity contribution in [2.24, 2.45) is 0 Å². The molecule has 0 aliphatic rings. The summed E-state index contributed by atoms with van der Waals surface area (Å²) in [6.07, 6.45) is -0.520. The number of amides is 2. The summed E-state index contributed by atoms with van der Waals surface area (Å²) in [5.74, 6) is -2.40. The first-order valence-electron chi connectivity index (χ1n) is 5.66. The van der Waals surface area contributed by atoms with Crippen LogP contribution < -0.4 is 10.6 Å². The van der Waals surface area contributed by atoms with E-state index in [-0.39, 0.29) is 12.8 Å². The van der Waals surface area contributed by atoms with Gasteiger partial charge in [0.2, 0.25) is 0 Å². The first-order valence-corrected chi connectivity index (χ1v) is 6.45. The third-order valence-electron chi connectivity index (χ3n) is 2.35. The van der Waals surface area contributed by atoms with E-state index in [2.05, 4.69) is 26.6 Å². The van der Waals surface area contributed by atoms with Crippen LogP contribution in [0.15, 0.2) is 28.7 Å². The molecule has 0 spiro atoms. The SMILES string of the molecule is O=C(O)CCC(NC(=O)Nc1ccc(Br)cc1)C(=O)O. The number of carboxylic acid groups (broad SMARTS) is 2. The molecule has 1 unspecified atom stereocenters. The molecule has 20 heavy (non-hydrogen) atoms. The van der Waals surface area contributed by atoms with Gasteiger partial charge >= 0.3 is 18.0 Å². The van der Waals surface area contributed by atoms with E-state index in [1.54, 1.807) is 24.3 Å². The number of carbonyl (C=O) groups excluding carboxylic acids is 1. The highest BCUT2D eigenvalue weighted by molar-refractivity contribution is 9.10. The molecular weight excluding hydrogens is 332 g/mol. The third-order valence-corrected chi connectivity index (χ3v) is 2.88. The van der Waals surface area contributed by atoms with Crippen LogP contribution in [0.5, 0.6) is 0 Å². The lowest BCUT2D eigenvalue weighted by Gasteiger charge is -2.14. The molecule has 0 aromatic heterocycles. The van der Waals surface area contributed by atoms with Gasteiger partial charge in [-0.05, 0) is 30.7 Å². The maximum absolute atomic E-state index is 11.6. The molecule has 4 N–H and O–H groups in total. The second kappa shape index (κ2) is 7.49. The second-order valence-corrected chi connectivity index (χ2v) is 4.84. The molecule has 0 aliphatic heterocycles. The largest absolute Gasteiger partial charge is 0.481 e. The monoisotopic (exact) mass is 344 g/mol. The minimum atomic E-state index is -1.28. The van der Waals surface area contributed by atoms with Gasteiger partial charge in [0.25, 0.3) is 0 Å². The lowest BCUT2D eigenvalue weighted by atomic mass is 10.1. The normalized spacial score (nSPS) is 11.4. The van der Waals surface area contributed by atoms with E-state index in [0.29, 0.717) is 5.69 Å². The molecule has 0 radical (unpaired) electrons. The molecule has 1 atom stereocenters. The quantitative estimate of drug-likeness (QED) is 0.628. The second-order valence-electron chi connectivity index (χ2n) is 3.93. The van der Waals surface area contributed by atoms with Gasteiger partial charge < -0.3 is 20.8 Å². The van der Waals surface area contributed by atoms with Crippen molar-refractivity contribution in [2.45, 2.75) is 18.9 Å². The van der Waals surface area contributed by atoms with Crippen LogP contribution in [0.2, 0.25) is 0 Å². The summed E-state index contributed by atoms with van der Waals surface area (Å²) in [5.41, 5.74) is 0.494. The number of urea groups is 1. The van der Waals surface area contributed by atoms with Gasteiger partial charge in [0.1, 0.15) is 6.04 Å². The Balaban J connectivity index is 2.55. The minimum absolute atomic E-state index is 0.182. The van der Waals surface area contributed by atoms with Crippen molar-refractivity contribution in [1.29, 1.82) is 0 Å². The van der Waals surface area contributed by atoms with Gasteiger partial charge in [-0.1, -0.05) is 15.9 Å². The van der Waals surface area contributed by atoms with E-state index in [1.807, 2.05) is 0 Å². The van der Waals surface area contributed by atoms with Crippen LogP contribution in [0.4, 0.5) is 10.5 Å². The fraction of sp³-hybridized carbons (Fsp3) is 0.250. The Morgan fingerprint density at radius 3 is 2.25 bits per heavy atom. The molecule has 0 saturated heterocycles. The first kappa shape index (κ1) is 16.0. The van der Waals surface area contributed by atoms with Gasteiger partial charge in [-0.2, -0.15) is 0 Å². The lowest BCUT2D eigenvalue weighted by Crippen LogP contribution is -2.43. The summed E-state index contributed by atoms with van der Waals surface area (Å²) in [6, 6.07) is 4.75. The van der Waals surface area contributed by atoms with Crippen LogP contribution in [-0.4, -0.2) is 34.2 Å². The lowest BCUT2D eigenvalue weighted by molar-refractivity contribution is -0.140. The number of aliphatic carboxylic acids is 2. The number of hydrogen-bond acceptors (Lipinski definition) is 3. The summed E-state index contributed by atoms with van der Waals surface area (Å²) in [7, 11) is 0. The van der Waals surface area contributed by atoms with Gasteiger partial charge in [-0.15, -0.1) is 0 Å². The van der Waals surface area contributed by atoms with Crippen LogP contribution in [0.25, 0.3) is 0 Å². The minimum Gasteiger partial charge on any atom is -0.481 e. The topological polar surface area (TPSA) is 116 Å². The van der Waals surface area contributed by atoms with Crippen molar-refractivity contribution < 1.29 is 24.6 Å². The highest BCUT2D eigenvalue weighted by Gasteiger charge is 2.20. The van der Waals surface area contributed by atoms with Crippen LogP contribution in [0.1, 0.15) is 12.8 Å². The summed E-state index contributed by atoms with van der Waals surface area (Å²) in [4.78, 5) is 32.9. The molecule has 0 fully saturated rings. The molecule has 1 aromatic carbocycles. The van der Waals surface area contributed by atoms with E-state index in [4.69, 9.17) is 10.2 Å². The maximum Gasteiger partial charge on any atom is 0.326 e. The van der Waals surface area contributed by atoms with Gasteiger partial charge in [-0.3, -0.25) is 4.79 Å². The summed E-state index contributed by atoms with van der Waals surface area (Å²) in [5, 5.41) is 22.1. The Morgan fingerprint density at radius 1 is 1.15 bits per heavy atom. The van der Waals surface area contributed by atoms with Crippen molar-refractivity contribution in [2.75, 3.05) is 5.32 Å². The maximum atomic E-state index is 11.6. The zero-order valence-corrected chi connectivity index (χ0v) is 11.9. The Hall–Kier alpha value is -2.09. The van der Waals surface area contributed by atoms with Gasteiger partial charge in [0, 0.05) is 16.6 Å². The molecule has 2 amide bonds. The Labute approximate surface area is 123 Å². The number of anilines is 1. The van der Waals surface area contributed by atoms with Crippen molar-refractivity contribution in [3.8, 4) is 0 Å². The van der Waals surface area contributed by atoms with Crippen molar-refractivity contribution in [3.63, 3.8) is 0 Å². The molecule has 0 bridgehead atoms. The first-order chi connectivity index (χ1) is 9.38. The zero-order valence-electron chi connectivity index (χ0n) is 10.3. The van der Waals surface area contributed by atoms with E-state index in [1.165, 1.54) is 0 Å². The Kier molecular flexibility index (Phi) is 5.98. The molecule has 1 aromatic rings. The number of carbonyl (C=O) groups is 3. The Morgan fingerprint density at radius 2 is 1.75 bits per heavy atom. The van der Waals surface area contributed by atoms with Crippen molar-refractivity contribution in [1.82, 2.24) is 5.32 Å². The standard InChI is InChI=1S/C12H13BrN2O5/c13-7-1-3-8(4-2-7)14-12(20)15-9(11(18)19)5-6-10(16)17/h1-4,9H,5-6H2,(H,16,17)(H,18,19)(H2,14,15,20). The number of benzene rings is 1. The van der Waals surface area contributed by atoms with E-state index < -0.39 is 24.0 Å². The average molecular weight is 345 g/mol. The molecule has 0 saturated carbocycles. The molecule has 0 heterocycles. The van der Waals surface area contributed by atoms with Crippen molar-refractivity contribution in [3.05, 3.63) is 28.7 Å². The van der Waals surface area contributed by atoms with E-state index in [9.17, 15) is 14.4 Å². The predicted octanol–water partition coefficient (Wildman–Crippen LogP) is 1.89. The number of rotatable bonds is 6. The van der Waals surface area contributed by atoms with Crippen molar-refractivity contribution >= 4 is 39.6 Å². The number of hydrogen-bond donors (Lipinski definition) is 4. The van der Waals surface area contributed by atoms with Crippen LogP contribution in [0.3, 0.4) is 0 Å². The number of halogens is 1. The summed E-state index contributed by atoms with van der Waals surface area (Å²) in [6.45, 7) is 0. The van der Waals surface area contributed by atoms with Gasteiger partial charge in [0.05, 0.1) is 0 Å². The summed E-state index contributed by atoms with van der Waals surface area (Å²) < 4.78 is 0.841. The molecule has 7 nitrogen and oxygen atoms in total. The molecule has 0 aliphatic carbocycles. The molecule has 108 valence electrons. The molecule has 8 heteroatoms. The third kappa shape index (κ3) is 5.70. The molecular formula is C12H13BrN2O5. The zero-order chi connectivity index (χ0) is 15.1. The van der Waals surface area contributed by atoms with E-state index >= 15 is 0 Å². The number of carboxylic acids is 2. The summed E-state index contributed by atoms with van der Waals surface area (Å²) >= 11 is 3.24. The highest BCUT2D eigenvalue weighted by Crippen LogP contribution is 2.14.